The fourth-order valence-corrected chi connectivity index (χ4v) is 1.23. The molecule has 1 heterocycles. The van der Waals surface area contributed by atoms with Crippen LogP contribution >= 0.6 is 0 Å². The van der Waals surface area contributed by atoms with Crippen molar-refractivity contribution in [3.63, 3.8) is 0 Å². The summed E-state index contributed by atoms with van der Waals surface area (Å²) in [5.74, 6) is 0.884. The molecule has 0 aliphatic carbocycles. The third-order valence-electron chi connectivity index (χ3n) is 2.17. The third-order valence-corrected chi connectivity index (χ3v) is 2.17. The first kappa shape index (κ1) is 12.2. The maximum absolute atomic E-state index is 5.30. The second-order valence-electron chi connectivity index (χ2n) is 3.58. The molecule has 0 aliphatic heterocycles. The van der Waals surface area contributed by atoms with E-state index in [1.807, 2.05) is 13.0 Å². The predicted octanol–water partition coefficient (Wildman–Crippen LogP) is 1.75. The number of aryl methyl sites for hydroxylation is 1. The van der Waals surface area contributed by atoms with Gasteiger partial charge in [0.05, 0.1) is 18.8 Å². The van der Waals surface area contributed by atoms with Crippen molar-refractivity contribution in [2.75, 3.05) is 13.2 Å². The maximum atomic E-state index is 5.30. The highest BCUT2D eigenvalue weighted by molar-refractivity contribution is 5.04. The van der Waals surface area contributed by atoms with Crippen molar-refractivity contribution in [3.05, 3.63) is 17.5 Å². The number of hydrogen-bond donors (Lipinski definition) is 1. The molecule has 1 N–H and O–H groups in total. The lowest BCUT2D eigenvalue weighted by molar-refractivity contribution is 0.126. The van der Waals surface area contributed by atoms with Crippen molar-refractivity contribution in [1.29, 1.82) is 0 Å². The lowest BCUT2D eigenvalue weighted by Crippen LogP contribution is -2.29. The monoisotopic (exact) mass is 212 g/mol. The van der Waals surface area contributed by atoms with E-state index < -0.39 is 0 Å². The number of aromatic nitrogens is 1. The van der Waals surface area contributed by atoms with Crippen LogP contribution in [0.4, 0.5) is 0 Å². The van der Waals surface area contributed by atoms with E-state index >= 15 is 0 Å². The second-order valence-corrected chi connectivity index (χ2v) is 3.58. The summed E-state index contributed by atoms with van der Waals surface area (Å²) in [5, 5.41) is 7.24. The highest BCUT2D eigenvalue weighted by Crippen LogP contribution is 2.03. The van der Waals surface area contributed by atoms with E-state index in [1.165, 1.54) is 0 Å². The van der Waals surface area contributed by atoms with Crippen LogP contribution in [0.15, 0.2) is 10.6 Å². The van der Waals surface area contributed by atoms with Crippen LogP contribution in [-0.4, -0.2) is 24.4 Å². The van der Waals surface area contributed by atoms with Gasteiger partial charge in [0.25, 0.3) is 0 Å². The van der Waals surface area contributed by atoms with Crippen LogP contribution in [0.25, 0.3) is 0 Å². The molecule has 1 unspecified atom stereocenters. The standard InChI is InChI=1S/C11H20N2O2/c1-4-10-6-11(15-13-10)7-12-9(3)8-14-5-2/h6,9,12H,4-5,7-8H2,1-3H3. The number of ether oxygens (including phenoxy) is 1. The van der Waals surface area contributed by atoms with E-state index in [1.54, 1.807) is 0 Å². The quantitative estimate of drug-likeness (QED) is 0.748. The minimum absolute atomic E-state index is 0.333. The molecule has 15 heavy (non-hydrogen) atoms. The number of nitrogens with one attached hydrogen (secondary N) is 1. The Morgan fingerprint density at radius 3 is 2.93 bits per heavy atom. The smallest absolute Gasteiger partial charge is 0.150 e. The molecule has 0 saturated heterocycles. The van der Waals surface area contributed by atoms with E-state index in [4.69, 9.17) is 9.26 Å². The fourth-order valence-electron chi connectivity index (χ4n) is 1.23. The molecule has 0 aromatic carbocycles. The highest BCUT2D eigenvalue weighted by atomic mass is 16.5. The first-order valence-corrected chi connectivity index (χ1v) is 5.51. The van der Waals surface area contributed by atoms with Crippen LogP contribution in [0.1, 0.15) is 32.2 Å². The Bertz CT molecular complexity index is 273. The van der Waals surface area contributed by atoms with Gasteiger partial charge in [-0.3, -0.25) is 0 Å². The molecule has 1 rings (SSSR count). The Kier molecular flexibility index (Phi) is 5.36. The summed E-state index contributed by atoms with van der Waals surface area (Å²) < 4.78 is 10.5. The molecule has 0 saturated carbocycles. The van der Waals surface area contributed by atoms with Crippen molar-refractivity contribution >= 4 is 0 Å². The van der Waals surface area contributed by atoms with Crippen molar-refractivity contribution in [1.82, 2.24) is 10.5 Å². The van der Waals surface area contributed by atoms with Gasteiger partial charge in [0.15, 0.2) is 5.76 Å². The van der Waals surface area contributed by atoms with Gasteiger partial charge in [-0.15, -0.1) is 0 Å². The summed E-state index contributed by atoms with van der Waals surface area (Å²) >= 11 is 0. The molecule has 1 aromatic rings. The molecule has 0 spiro atoms. The van der Waals surface area contributed by atoms with E-state index in [2.05, 4.69) is 24.3 Å². The molecule has 0 radical (unpaired) electrons. The van der Waals surface area contributed by atoms with Crippen molar-refractivity contribution in [2.45, 2.75) is 39.8 Å². The minimum atomic E-state index is 0.333. The zero-order valence-electron chi connectivity index (χ0n) is 9.75. The van der Waals surface area contributed by atoms with Gasteiger partial charge in [0, 0.05) is 18.7 Å². The summed E-state index contributed by atoms with van der Waals surface area (Å²) in [6.45, 7) is 8.34. The van der Waals surface area contributed by atoms with Crippen LogP contribution in [0.2, 0.25) is 0 Å². The van der Waals surface area contributed by atoms with E-state index in [-0.39, 0.29) is 0 Å². The number of nitrogens with zero attached hydrogens (tertiary/aromatic N) is 1. The van der Waals surface area contributed by atoms with Gasteiger partial charge in [-0.05, 0) is 20.3 Å². The third kappa shape index (κ3) is 4.44. The highest BCUT2D eigenvalue weighted by Gasteiger charge is 2.05. The largest absolute Gasteiger partial charge is 0.380 e. The fraction of sp³-hybridized carbons (Fsp3) is 0.727. The van der Waals surface area contributed by atoms with Gasteiger partial charge >= 0.3 is 0 Å². The van der Waals surface area contributed by atoms with Crippen LogP contribution in [0.5, 0.6) is 0 Å². The molecular weight excluding hydrogens is 192 g/mol. The van der Waals surface area contributed by atoms with Crippen LogP contribution in [-0.2, 0) is 17.7 Å². The molecule has 0 aliphatic rings. The van der Waals surface area contributed by atoms with Crippen LogP contribution < -0.4 is 5.32 Å². The average Bonchev–Trinajstić information content (AvgIpc) is 2.71. The number of rotatable bonds is 7. The molecule has 1 atom stereocenters. The lowest BCUT2D eigenvalue weighted by Gasteiger charge is -2.11. The topological polar surface area (TPSA) is 47.3 Å². The summed E-state index contributed by atoms with van der Waals surface area (Å²) in [5.41, 5.74) is 1.00. The Morgan fingerprint density at radius 2 is 2.33 bits per heavy atom. The first-order chi connectivity index (χ1) is 7.26. The summed E-state index contributed by atoms with van der Waals surface area (Å²) in [4.78, 5) is 0. The molecule has 0 bridgehead atoms. The molecule has 0 amide bonds. The van der Waals surface area contributed by atoms with Gasteiger partial charge in [-0.1, -0.05) is 12.1 Å². The van der Waals surface area contributed by atoms with E-state index in [0.29, 0.717) is 12.6 Å². The number of hydrogen-bond acceptors (Lipinski definition) is 4. The molecule has 86 valence electrons. The van der Waals surface area contributed by atoms with Crippen molar-refractivity contribution < 1.29 is 9.26 Å². The van der Waals surface area contributed by atoms with E-state index in [0.717, 1.165) is 31.1 Å². The van der Waals surface area contributed by atoms with Gasteiger partial charge in [-0.25, -0.2) is 0 Å². The Hall–Kier alpha value is -0.870. The summed E-state index contributed by atoms with van der Waals surface area (Å²) in [6, 6.07) is 2.32. The second kappa shape index (κ2) is 6.58. The normalized spacial score (nSPS) is 13.0. The maximum Gasteiger partial charge on any atom is 0.150 e. The minimum Gasteiger partial charge on any atom is -0.380 e. The Balaban J connectivity index is 2.24. The van der Waals surface area contributed by atoms with Gasteiger partial charge in [0.1, 0.15) is 0 Å². The molecule has 4 heteroatoms. The Labute approximate surface area is 91.0 Å². The molecule has 4 nitrogen and oxygen atoms in total. The van der Waals surface area contributed by atoms with Crippen molar-refractivity contribution in [2.24, 2.45) is 0 Å². The van der Waals surface area contributed by atoms with Gasteiger partial charge < -0.3 is 14.6 Å². The first-order valence-electron chi connectivity index (χ1n) is 5.51. The zero-order chi connectivity index (χ0) is 11.1. The SMILES string of the molecule is CCOCC(C)NCc1cc(CC)no1. The van der Waals surface area contributed by atoms with Gasteiger partial charge in [0.2, 0.25) is 0 Å². The van der Waals surface area contributed by atoms with E-state index in [9.17, 15) is 0 Å². The summed E-state index contributed by atoms with van der Waals surface area (Å²) in [7, 11) is 0. The molecule has 0 fully saturated rings. The summed E-state index contributed by atoms with van der Waals surface area (Å²) in [6.07, 6.45) is 0.915. The molecular formula is C11H20N2O2. The van der Waals surface area contributed by atoms with Crippen molar-refractivity contribution in [3.8, 4) is 0 Å². The van der Waals surface area contributed by atoms with Crippen LogP contribution in [0.3, 0.4) is 0 Å². The van der Waals surface area contributed by atoms with Gasteiger partial charge in [-0.2, -0.15) is 0 Å². The zero-order valence-corrected chi connectivity index (χ0v) is 9.75. The van der Waals surface area contributed by atoms with Crippen LogP contribution in [0, 0.1) is 0 Å². The lowest BCUT2D eigenvalue weighted by atomic mass is 10.3. The Morgan fingerprint density at radius 1 is 1.53 bits per heavy atom. The predicted molar refractivity (Wildman–Crippen MR) is 58.7 cm³/mol. The average molecular weight is 212 g/mol. The molecule has 1 aromatic heterocycles.